The lowest BCUT2D eigenvalue weighted by atomic mass is 9.91. The van der Waals surface area contributed by atoms with Crippen molar-refractivity contribution < 1.29 is 4.79 Å². The van der Waals surface area contributed by atoms with Crippen LogP contribution in [0.3, 0.4) is 0 Å². The molecule has 2 aromatic carbocycles. The molecule has 2 aliphatic heterocycles. The number of piperidine rings is 1. The maximum Gasteiger partial charge on any atom is 0.257 e. The molecule has 3 aromatic rings. The van der Waals surface area contributed by atoms with Crippen LogP contribution < -0.4 is 10.2 Å². The molecular formula is C28H35Cl2N5O. The Kier molecular flexibility index (Phi) is 8.28. The van der Waals surface area contributed by atoms with E-state index in [1.807, 2.05) is 34.7 Å². The van der Waals surface area contributed by atoms with E-state index < -0.39 is 0 Å². The largest absolute Gasteiger partial charge is 0.368 e. The van der Waals surface area contributed by atoms with Gasteiger partial charge in [-0.2, -0.15) is 5.10 Å². The van der Waals surface area contributed by atoms with E-state index >= 15 is 0 Å². The fourth-order valence-corrected chi connectivity index (χ4v) is 5.68. The number of benzene rings is 2. The van der Waals surface area contributed by atoms with E-state index in [2.05, 4.69) is 42.3 Å². The third kappa shape index (κ3) is 5.13. The zero-order chi connectivity index (χ0) is 24.5. The number of aryl methyl sites for hydroxylation is 2. The minimum absolute atomic E-state index is 0. The van der Waals surface area contributed by atoms with Gasteiger partial charge in [0.15, 0.2) is 0 Å². The van der Waals surface area contributed by atoms with Crippen LogP contribution in [0.5, 0.6) is 0 Å². The molecular weight excluding hydrogens is 493 g/mol. The van der Waals surface area contributed by atoms with E-state index in [1.165, 1.54) is 16.8 Å². The second-order valence-corrected chi connectivity index (χ2v) is 10.2. The monoisotopic (exact) mass is 527 g/mol. The number of halogens is 2. The van der Waals surface area contributed by atoms with Crippen molar-refractivity contribution in [1.82, 2.24) is 20.0 Å². The Morgan fingerprint density at radius 1 is 1.00 bits per heavy atom. The highest BCUT2D eigenvalue weighted by molar-refractivity contribution is 6.31. The molecule has 2 aliphatic rings. The summed E-state index contributed by atoms with van der Waals surface area (Å²) < 4.78 is 1.97. The van der Waals surface area contributed by atoms with Gasteiger partial charge in [-0.05, 0) is 76.0 Å². The van der Waals surface area contributed by atoms with Crippen molar-refractivity contribution in [2.45, 2.75) is 39.5 Å². The van der Waals surface area contributed by atoms with E-state index in [0.717, 1.165) is 61.5 Å². The maximum atomic E-state index is 13.8. The highest BCUT2D eigenvalue weighted by Gasteiger charge is 2.31. The molecule has 192 valence electrons. The number of rotatable bonds is 4. The summed E-state index contributed by atoms with van der Waals surface area (Å²) in [5.41, 5.74) is 7.52. The average Bonchev–Trinajstić information content (AvgIpc) is 3.31. The van der Waals surface area contributed by atoms with Crippen LogP contribution >= 0.6 is 24.0 Å². The molecule has 5 rings (SSSR count). The summed E-state index contributed by atoms with van der Waals surface area (Å²) in [6.45, 7) is 11.3. The number of nitrogens with one attached hydrogen (secondary N) is 1. The van der Waals surface area contributed by atoms with Gasteiger partial charge in [-0.1, -0.05) is 35.4 Å². The number of nitrogens with zero attached hydrogens (tertiary/aromatic N) is 4. The van der Waals surface area contributed by atoms with E-state index in [1.54, 1.807) is 6.20 Å². The molecule has 1 aromatic heterocycles. The van der Waals surface area contributed by atoms with Crippen LogP contribution in [0.4, 0.5) is 5.69 Å². The molecule has 2 saturated heterocycles. The molecule has 0 saturated carbocycles. The van der Waals surface area contributed by atoms with E-state index in [4.69, 9.17) is 16.7 Å². The van der Waals surface area contributed by atoms with Gasteiger partial charge in [-0.3, -0.25) is 4.79 Å². The lowest BCUT2D eigenvalue weighted by Gasteiger charge is -2.37. The van der Waals surface area contributed by atoms with Gasteiger partial charge in [0.1, 0.15) is 0 Å². The van der Waals surface area contributed by atoms with Crippen molar-refractivity contribution in [3.63, 3.8) is 0 Å². The third-order valence-electron chi connectivity index (χ3n) is 7.49. The summed E-state index contributed by atoms with van der Waals surface area (Å²) in [5.74, 6) is 0.373. The predicted octanol–water partition coefficient (Wildman–Crippen LogP) is 5.30. The Hall–Kier alpha value is -2.54. The highest BCUT2D eigenvalue weighted by atomic mass is 35.5. The Balaban J connectivity index is 0.00000304. The van der Waals surface area contributed by atoms with Crippen LogP contribution in [0, 0.1) is 20.8 Å². The minimum atomic E-state index is 0. The standard InChI is InChI=1S/C28H34ClN5O.ClH/c1-19-7-8-25(20(2)17-19)32-13-15-33(16-14-32)28(35)23-18-31-34(26-6-4-5-24(29)21(26)3)27(23)22-9-11-30-12-10-22;/h4-8,17-18,22,30H,9-16H2,1-3H3;1H. The second-order valence-electron chi connectivity index (χ2n) is 9.83. The molecule has 0 atom stereocenters. The zero-order valence-electron chi connectivity index (χ0n) is 21.3. The Morgan fingerprint density at radius 2 is 1.72 bits per heavy atom. The molecule has 36 heavy (non-hydrogen) atoms. The van der Waals surface area contributed by atoms with Crippen LogP contribution in [0.1, 0.15) is 51.5 Å². The lowest BCUT2D eigenvalue weighted by Crippen LogP contribution is -2.49. The normalized spacial score (nSPS) is 16.7. The van der Waals surface area contributed by atoms with E-state index in [0.29, 0.717) is 18.1 Å². The number of hydrogen-bond acceptors (Lipinski definition) is 4. The van der Waals surface area contributed by atoms with Crippen molar-refractivity contribution in [2.75, 3.05) is 44.2 Å². The average molecular weight is 529 g/mol. The maximum absolute atomic E-state index is 13.8. The fourth-order valence-electron chi connectivity index (χ4n) is 5.51. The molecule has 3 heterocycles. The molecule has 1 amide bonds. The smallest absolute Gasteiger partial charge is 0.257 e. The molecule has 2 fully saturated rings. The molecule has 6 nitrogen and oxygen atoms in total. The van der Waals surface area contributed by atoms with Crippen LogP contribution in [0.25, 0.3) is 5.69 Å². The van der Waals surface area contributed by atoms with E-state index in [9.17, 15) is 4.79 Å². The summed E-state index contributed by atoms with van der Waals surface area (Å²) in [6, 6.07) is 12.5. The lowest BCUT2D eigenvalue weighted by molar-refractivity contribution is 0.0744. The third-order valence-corrected chi connectivity index (χ3v) is 7.90. The fraction of sp³-hybridized carbons (Fsp3) is 0.429. The van der Waals surface area contributed by atoms with Crippen molar-refractivity contribution in [3.05, 3.63) is 75.6 Å². The van der Waals surface area contributed by atoms with Gasteiger partial charge in [-0.25, -0.2) is 4.68 Å². The number of hydrogen-bond donors (Lipinski definition) is 1. The van der Waals surface area contributed by atoms with Crippen LogP contribution in [0.15, 0.2) is 42.6 Å². The summed E-state index contributed by atoms with van der Waals surface area (Å²) >= 11 is 6.45. The van der Waals surface area contributed by atoms with Gasteiger partial charge in [-0.15, -0.1) is 12.4 Å². The van der Waals surface area contributed by atoms with Crippen molar-refractivity contribution >= 4 is 35.6 Å². The Morgan fingerprint density at radius 3 is 2.42 bits per heavy atom. The van der Waals surface area contributed by atoms with Crippen LogP contribution in [-0.4, -0.2) is 59.9 Å². The Labute approximate surface area is 225 Å². The number of piperazine rings is 1. The Bertz CT molecular complexity index is 1230. The van der Waals surface area contributed by atoms with Crippen LogP contribution in [0.2, 0.25) is 5.02 Å². The van der Waals surface area contributed by atoms with Gasteiger partial charge in [0.2, 0.25) is 0 Å². The molecule has 0 aliphatic carbocycles. The van der Waals surface area contributed by atoms with Gasteiger partial charge < -0.3 is 15.1 Å². The first-order chi connectivity index (χ1) is 16.9. The summed E-state index contributed by atoms with van der Waals surface area (Å²) in [6.07, 6.45) is 3.76. The SMILES string of the molecule is Cc1ccc(N2CCN(C(=O)c3cnn(-c4cccc(Cl)c4C)c3C3CCNCC3)CC2)c(C)c1.Cl. The first-order valence-corrected chi connectivity index (χ1v) is 13.0. The van der Waals surface area contributed by atoms with Gasteiger partial charge in [0, 0.05) is 42.8 Å². The summed E-state index contributed by atoms with van der Waals surface area (Å²) in [4.78, 5) is 18.2. The molecule has 0 radical (unpaired) electrons. The number of carbonyl (C=O) groups excluding carboxylic acids is 1. The number of amides is 1. The first kappa shape index (κ1) is 26.5. The van der Waals surface area contributed by atoms with Crippen molar-refractivity contribution in [2.24, 2.45) is 0 Å². The van der Waals surface area contributed by atoms with Crippen molar-refractivity contribution in [3.8, 4) is 5.69 Å². The molecule has 1 N–H and O–H groups in total. The summed E-state index contributed by atoms with van der Waals surface area (Å²) in [7, 11) is 0. The van der Waals surface area contributed by atoms with Gasteiger partial charge in [0.05, 0.1) is 23.1 Å². The predicted molar refractivity (Wildman–Crippen MR) is 149 cm³/mol. The van der Waals surface area contributed by atoms with Gasteiger partial charge >= 0.3 is 0 Å². The highest BCUT2D eigenvalue weighted by Crippen LogP contribution is 2.33. The van der Waals surface area contributed by atoms with Crippen molar-refractivity contribution in [1.29, 1.82) is 0 Å². The zero-order valence-corrected chi connectivity index (χ0v) is 22.8. The summed E-state index contributed by atoms with van der Waals surface area (Å²) in [5, 5.41) is 8.90. The van der Waals surface area contributed by atoms with E-state index in [-0.39, 0.29) is 24.2 Å². The number of aromatic nitrogens is 2. The number of anilines is 1. The topological polar surface area (TPSA) is 53.4 Å². The molecule has 0 unspecified atom stereocenters. The van der Waals surface area contributed by atoms with Crippen LogP contribution in [-0.2, 0) is 0 Å². The van der Waals surface area contributed by atoms with Gasteiger partial charge in [0.25, 0.3) is 5.91 Å². The second kappa shape index (κ2) is 11.2. The quantitative estimate of drug-likeness (QED) is 0.499. The minimum Gasteiger partial charge on any atom is -0.368 e. The number of carbonyl (C=O) groups is 1. The first-order valence-electron chi connectivity index (χ1n) is 12.6. The molecule has 8 heteroatoms. The molecule has 0 bridgehead atoms. The molecule has 0 spiro atoms.